The van der Waals surface area contributed by atoms with Crippen LogP contribution in [0.3, 0.4) is 0 Å². The first-order chi connectivity index (χ1) is 11.1. The third kappa shape index (κ3) is 2.38. The summed E-state index contributed by atoms with van der Waals surface area (Å²) in [6.45, 7) is 5.64. The first kappa shape index (κ1) is 14.5. The van der Waals surface area contributed by atoms with E-state index in [-0.39, 0.29) is 5.92 Å². The van der Waals surface area contributed by atoms with E-state index in [1.54, 1.807) is 12.5 Å². The van der Waals surface area contributed by atoms with Crippen LogP contribution in [0.5, 0.6) is 0 Å². The molecule has 4 heterocycles. The van der Waals surface area contributed by atoms with Gasteiger partial charge in [0.05, 0.1) is 36.2 Å². The Morgan fingerprint density at radius 1 is 1.35 bits per heavy atom. The molecule has 4 rings (SSSR count). The second-order valence-corrected chi connectivity index (χ2v) is 6.62. The summed E-state index contributed by atoms with van der Waals surface area (Å²) in [5, 5.41) is 10.7. The minimum absolute atomic E-state index is 0.267. The lowest BCUT2D eigenvalue weighted by atomic mass is 10.0. The summed E-state index contributed by atoms with van der Waals surface area (Å²) in [5.74, 6) is 0.267. The molecule has 120 valence electrons. The van der Waals surface area contributed by atoms with Gasteiger partial charge in [-0.3, -0.25) is 4.98 Å². The molecule has 1 N–H and O–H groups in total. The first-order valence-corrected chi connectivity index (χ1v) is 7.97. The van der Waals surface area contributed by atoms with Gasteiger partial charge in [-0.05, 0) is 18.1 Å². The number of nitrogens with zero attached hydrogens (tertiary/aromatic N) is 4. The van der Waals surface area contributed by atoms with Crippen molar-refractivity contribution < 1.29 is 9.84 Å². The second kappa shape index (κ2) is 5.25. The Morgan fingerprint density at radius 3 is 2.96 bits per heavy atom. The molecule has 0 radical (unpaired) electrons. The largest absolute Gasteiger partial charge is 0.386 e. The van der Waals surface area contributed by atoms with Crippen LogP contribution in [-0.4, -0.2) is 43.4 Å². The van der Waals surface area contributed by atoms with Gasteiger partial charge in [-0.2, -0.15) is 0 Å². The highest BCUT2D eigenvalue weighted by Gasteiger charge is 2.33. The molecular weight excluding hydrogens is 292 g/mol. The highest BCUT2D eigenvalue weighted by atomic mass is 16.5. The average Bonchev–Trinajstić information content (AvgIpc) is 3.14. The Labute approximate surface area is 134 Å². The molecule has 0 aromatic carbocycles. The van der Waals surface area contributed by atoms with Gasteiger partial charge in [0.2, 0.25) is 0 Å². The molecule has 6 heteroatoms. The van der Waals surface area contributed by atoms with Crippen LogP contribution in [0.4, 0.5) is 0 Å². The van der Waals surface area contributed by atoms with Gasteiger partial charge >= 0.3 is 0 Å². The average molecular weight is 312 g/mol. The standard InChI is InChI=1S/C17H20N4O2/c1-11(2)13-15-16(14-12(20-13)4-3-6-18-14)21(10-19-15)8-17(22)5-7-23-9-17/h3-4,6,10-11,22H,5,7-9H2,1-2H3. The molecule has 0 spiro atoms. The Hall–Kier alpha value is -2.05. The normalized spacial score (nSPS) is 21.7. The van der Waals surface area contributed by atoms with E-state index in [1.807, 2.05) is 16.7 Å². The van der Waals surface area contributed by atoms with Crippen molar-refractivity contribution in [3.05, 3.63) is 30.4 Å². The lowest BCUT2D eigenvalue weighted by Gasteiger charge is -2.21. The number of ether oxygens (including phenoxy) is 1. The van der Waals surface area contributed by atoms with E-state index in [0.29, 0.717) is 26.2 Å². The van der Waals surface area contributed by atoms with Crippen LogP contribution in [0, 0.1) is 0 Å². The van der Waals surface area contributed by atoms with E-state index in [1.165, 1.54) is 0 Å². The van der Waals surface area contributed by atoms with Gasteiger partial charge in [-0.1, -0.05) is 13.8 Å². The molecule has 0 bridgehead atoms. The molecule has 1 aliphatic rings. The van der Waals surface area contributed by atoms with Gasteiger partial charge in [0, 0.05) is 19.2 Å². The number of fused-ring (bicyclic) bond motifs is 3. The summed E-state index contributed by atoms with van der Waals surface area (Å²) in [6.07, 6.45) is 4.19. The van der Waals surface area contributed by atoms with Crippen LogP contribution in [0.25, 0.3) is 22.1 Å². The molecule has 3 aromatic rings. The van der Waals surface area contributed by atoms with E-state index < -0.39 is 5.60 Å². The van der Waals surface area contributed by atoms with Gasteiger partial charge in [0.15, 0.2) is 0 Å². The third-order valence-electron chi connectivity index (χ3n) is 4.43. The smallest absolute Gasteiger partial charge is 0.115 e. The fraction of sp³-hybridized carbons (Fsp3) is 0.471. The highest BCUT2D eigenvalue weighted by molar-refractivity contribution is 6.00. The van der Waals surface area contributed by atoms with Crippen LogP contribution in [-0.2, 0) is 11.3 Å². The zero-order chi connectivity index (χ0) is 16.0. The summed E-state index contributed by atoms with van der Waals surface area (Å²) in [4.78, 5) is 13.8. The highest BCUT2D eigenvalue weighted by Crippen LogP contribution is 2.30. The number of imidazole rings is 1. The Morgan fingerprint density at radius 2 is 2.22 bits per heavy atom. The van der Waals surface area contributed by atoms with Crippen molar-refractivity contribution in [2.45, 2.75) is 38.3 Å². The number of rotatable bonds is 3. The molecule has 1 fully saturated rings. The fourth-order valence-electron chi connectivity index (χ4n) is 3.23. The fourth-order valence-corrected chi connectivity index (χ4v) is 3.23. The number of hydrogen-bond acceptors (Lipinski definition) is 5. The molecule has 0 saturated carbocycles. The molecule has 3 aromatic heterocycles. The maximum absolute atomic E-state index is 10.7. The van der Waals surface area contributed by atoms with Gasteiger partial charge in [-0.15, -0.1) is 0 Å². The minimum atomic E-state index is -0.837. The molecule has 6 nitrogen and oxygen atoms in total. The molecular formula is C17H20N4O2. The maximum atomic E-state index is 10.7. The van der Waals surface area contributed by atoms with Gasteiger partial charge in [-0.25, -0.2) is 9.97 Å². The lowest BCUT2D eigenvalue weighted by Crippen LogP contribution is -2.34. The number of hydrogen-bond donors (Lipinski definition) is 1. The van der Waals surface area contributed by atoms with Crippen LogP contribution >= 0.6 is 0 Å². The van der Waals surface area contributed by atoms with Crippen LogP contribution in [0.2, 0.25) is 0 Å². The van der Waals surface area contributed by atoms with Crippen molar-refractivity contribution >= 4 is 22.1 Å². The topological polar surface area (TPSA) is 73.1 Å². The zero-order valence-electron chi connectivity index (χ0n) is 13.4. The van der Waals surface area contributed by atoms with Crippen molar-refractivity contribution in [3.63, 3.8) is 0 Å². The Kier molecular flexibility index (Phi) is 3.32. The lowest BCUT2D eigenvalue weighted by molar-refractivity contribution is 0.0127. The molecule has 0 amide bonds. The van der Waals surface area contributed by atoms with Crippen LogP contribution in [0.15, 0.2) is 24.7 Å². The molecule has 1 unspecified atom stereocenters. The first-order valence-electron chi connectivity index (χ1n) is 7.97. The monoisotopic (exact) mass is 312 g/mol. The molecule has 1 aliphatic heterocycles. The molecule has 1 atom stereocenters. The van der Waals surface area contributed by atoms with Crippen molar-refractivity contribution in [3.8, 4) is 0 Å². The summed E-state index contributed by atoms with van der Waals surface area (Å²) in [7, 11) is 0. The van der Waals surface area contributed by atoms with Crippen molar-refractivity contribution in [2.75, 3.05) is 13.2 Å². The van der Waals surface area contributed by atoms with E-state index >= 15 is 0 Å². The predicted molar refractivity (Wildman–Crippen MR) is 87.3 cm³/mol. The molecule has 0 aliphatic carbocycles. The quantitative estimate of drug-likeness (QED) is 0.803. The minimum Gasteiger partial charge on any atom is -0.386 e. The molecule has 23 heavy (non-hydrogen) atoms. The summed E-state index contributed by atoms with van der Waals surface area (Å²) >= 11 is 0. The van der Waals surface area contributed by atoms with Crippen LogP contribution in [0.1, 0.15) is 31.9 Å². The zero-order valence-corrected chi connectivity index (χ0v) is 13.4. The van der Waals surface area contributed by atoms with Crippen LogP contribution < -0.4 is 0 Å². The van der Waals surface area contributed by atoms with Crippen molar-refractivity contribution in [2.24, 2.45) is 0 Å². The van der Waals surface area contributed by atoms with E-state index in [2.05, 4.69) is 23.8 Å². The van der Waals surface area contributed by atoms with Gasteiger partial charge in [0.25, 0.3) is 0 Å². The SMILES string of the molecule is CC(C)c1nc2cccnc2c2c1ncn2CC1(O)CCOC1. The van der Waals surface area contributed by atoms with Crippen molar-refractivity contribution in [1.29, 1.82) is 0 Å². The number of aliphatic hydroxyl groups is 1. The van der Waals surface area contributed by atoms with E-state index in [0.717, 1.165) is 27.8 Å². The van der Waals surface area contributed by atoms with E-state index in [9.17, 15) is 5.11 Å². The number of aromatic nitrogens is 4. The van der Waals surface area contributed by atoms with Gasteiger partial charge in [0.1, 0.15) is 16.6 Å². The molecule has 1 saturated heterocycles. The van der Waals surface area contributed by atoms with Crippen molar-refractivity contribution in [1.82, 2.24) is 19.5 Å². The number of pyridine rings is 2. The summed E-state index contributed by atoms with van der Waals surface area (Å²) in [6, 6.07) is 3.86. The maximum Gasteiger partial charge on any atom is 0.115 e. The summed E-state index contributed by atoms with van der Waals surface area (Å²) in [5.41, 5.74) is 3.63. The Bertz CT molecular complexity index is 866. The van der Waals surface area contributed by atoms with Gasteiger partial charge < -0.3 is 14.4 Å². The summed E-state index contributed by atoms with van der Waals surface area (Å²) < 4.78 is 7.35. The third-order valence-corrected chi connectivity index (χ3v) is 4.43. The Balaban J connectivity index is 1.95. The second-order valence-electron chi connectivity index (χ2n) is 6.62. The van der Waals surface area contributed by atoms with E-state index in [4.69, 9.17) is 9.72 Å². The predicted octanol–water partition coefficient (Wildman–Crippen LogP) is 2.25.